The van der Waals surface area contributed by atoms with E-state index in [0.29, 0.717) is 21.1 Å². The van der Waals surface area contributed by atoms with Gasteiger partial charge in [-0.05, 0) is 48.5 Å². The molecule has 0 aliphatic heterocycles. The second-order valence-corrected chi connectivity index (χ2v) is 4.99. The number of esters is 1. The first-order chi connectivity index (χ1) is 9.97. The lowest BCUT2D eigenvalue weighted by Crippen LogP contribution is -1.99. The second kappa shape index (κ2) is 11.6. The SMILES string of the molecule is COC(=O)c1snnc1C.Cc1nnsc1C(=O)Cl.II. The van der Waals surface area contributed by atoms with E-state index in [2.05, 4.69) is 61.1 Å². The molecule has 2 aromatic rings. The second-order valence-electron chi connectivity index (χ2n) is 3.14. The molecule has 0 unspecified atom stereocenters. The van der Waals surface area contributed by atoms with Crippen LogP contribution in [-0.4, -0.2) is 37.5 Å². The lowest BCUT2D eigenvalue weighted by Gasteiger charge is -1.91. The summed E-state index contributed by atoms with van der Waals surface area (Å²) in [5, 5.41) is 6.77. The van der Waals surface area contributed by atoms with Crippen LogP contribution in [0.4, 0.5) is 0 Å². The van der Waals surface area contributed by atoms with E-state index in [0.717, 1.165) is 23.1 Å². The van der Waals surface area contributed by atoms with E-state index < -0.39 is 5.24 Å². The van der Waals surface area contributed by atoms with Crippen LogP contribution in [0, 0.1) is 13.8 Å². The molecule has 0 aliphatic rings. The molecule has 7 nitrogen and oxygen atoms in total. The molecule has 0 bridgehead atoms. The van der Waals surface area contributed by atoms with E-state index in [-0.39, 0.29) is 5.97 Å². The van der Waals surface area contributed by atoms with Gasteiger partial charge in [-0.25, -0.2) is 4.79 Å². The number of halogens is 3. The summed E-state index contributed by atoms with van der Waals surface area (Å²) in [6, 6.07) is 0. The zero-order valence-corrected chi connectivity index (χ0v) is 17.7. The van der Waals surface area contributed by atoms with Gasteiger partial charge in [-0.2, -0.15) is 0 Å². The summed E-state index contributed by atoms with van der Waals surface area (Å²) >= 11 is 11.4. The number of aryl methyl sites for hydroxylation is 2. The highest BCUT2D eigenvalue weighted by Gasteiger charge is 2.12. The fourth-order valence-electron chi connectivity index (χ4n) is 0.924. The van der Waals surface area contributed by atoms with Gasteiger partial charge in [0.05, 0.1) is 18.5 Å². The van der Waals surface area contributed by atoms with Crippen LogP contribution in [0.5, 0.6) is 0 Å². The predicted octanol–water partition coefficient (Wildman–Crippen LogP) is 3.63. The zero-order chi connectivity index (χ0) is 16.4. The Labute approximate surface area is 157 Å². The Morgan fingerprint density at radius 2 is 1.48 bits per heavy atom. The summed E-state index contributed by atoms with van der Waals surface area (Å²) in [6.45, 7) is 3.41. The summed E-state index contributed by atoms with van der Waals surface area (Å²) < 4.78 is 11.6. The van der Waals surface area contributed by atoms with Crippen molar-refractivity contribution in [3.63, 3.8) is 0 Å². The van der Waals surface area contributed by atoms with Crippen LogP contribution in [0.1, 0.15) is 30.7 Å². The van der Waals surface area contributed by atoms with Gasteiger partial charge in [0.2, 0.25) is 0 Å². The van der Waals surface area contributed by atoms with E-state index in [1.165, 1.54) is 7.11 Å². The van der Waals surface area contributed by atoms with Crippen LogP contribution in [0.3, 0.4) is 0 Å². The summed E-state index contributed by atoms with van der Waals surface area (Å²) in [5.74, 6) is -0.368. The molecular formula is C9H9ClI2N4O3S2. The van der Waals surface area contributed by atoms with E-state index >= 15 is 0 Å². The monoisotopic (exact) mass is 574 g/mol. The average molecular weight is 575 g/mol. The Kier molecular flexibility index (Phi) is 11.6. The molecule has 0 aliphatic carbocycles. The molecular weight excluding hydrogens is 566 g/mol. The van der Waals surface area contributed by atoms with Gasteiger partial charge in [0, 0.05) is 37.2 Å². The molecule has 21 heavy (non-hydrogen) atoms. The molecule has 0 saturated heterocycles. The first kappa shape index (κ1) is 21.0. The minimum atomic E-state index is -0.484. The third-order valence-corrected chi connectivity index (χ3v) is 3.79. The molecule has 0 spiro atoms. The van der Waals surface area contributed by atoms with Crippen LogP contribution >= 0.6 is 71.9 Å². The molecule has 0 amide bonds. The van der Waals surface area contributed by atoms with Crippen molar-refractivity contribution in [1.82, 2.24) is 19.2 Å². The van der Waals surface area contributed by atoms with Gasteiger partial charge in [0.25, 0.3) is 5.24 Å². The standard InChI is InChI=1S/C5H6N2O2S.C4H3ClN2OS.I2/c1-3-4(5(8)9-2)10-7-6-3;1-2-3(4(5)8)9-7-6-2;1-2/h1-2H3;1H3;. The lowest BCUT2D eigenvalue weighted by molar-refractivity contribution is 0.0605. The van der Waals surface area contributed by atoms with E-state index in [9.17, 15) is 9.59 Å². The van der Waals surface area contributed by atoms with Crippen molar-refractivity contribution in [2.45, 2.75) is 13.8 Å². The quantitative estimate of drug-likeness (QED) is 0.307. The molecule has 0 saturated carbocycles. The molecule has 0 aromatic carbocycles. The van der Waals surface area contributed by atoms with Gasteiger partial charge in [0.1, 0.15) is 4.88 Å². The third kappa shape index (κ3) is 7.21. The van der Waals surface area contributed by atoms with Crippen molar-refractivity contribution >= 4 is 83.1 Å². The maximum absolute atomic E-state index is 10.8. The van der Waals surface area contributed by atoms with Crippen molar-refractivity contribution in [1.29, 1.82) is 0 Å². The molecule has 116 valence electrons. The summed E-state index contributed by atoms with van der Waals surface area (Å²) in [4.78, 5) is 22.1. The molecule has 0 atom stereocenters. The topological polar surface area (TPSA) is 94.9 Å². The molecule has 0 radical (unpaired) electrons. The largest absolute Gasteiger partial charge is 0.465 e. The highest BCUT2D eigenvalue weighted by molar-refractivity contribution is 15.0. The number of methoxy groups -OCH3 is 1. The summed E-state index contributed by atoms with van der Waals surface area (Å²) in [6.07, 6.45) is 0. The highest BCUT2D eigenvalue weighted by Crippen LogP contribution is 2.11. The van der Waals surface area contributed by atoms with Gasteiger partial charge in [-0.15, -0.1) is 10.2 Å². The first-order valence-electron chi connectivity index (χ1n) is 4.97. The van der Waals surface area contributed by atoms with Crippen molar-refractivity contribution in [3.05, 3.63) is 21.1 Å². The molecule has 2 aromatic heterocycles. The highest BCUT2D eigenvalue weighted by atomic mass is 128. The molecule has 0 fully saturated rings. The van der Waals surface area contributed by atoms with Crippen LogP contribution in [0.25, 0.3) is 0 Å². The number of carbonyl (C=O) groups excluding carboxylic acids is 2. The van der Waals surface area contributed by atoms with Crippen LogP contribution in [0.2, 0.25) is 0 Å². The fraction of sp³-hybridized carbons (Fsp3) is 0.333. The minimum absolute atomic E-state index is 0.368. The molecule has 12 heteroatoms. The van der Waals surface area contributed by atoms with Gasteiger partial charge < -0.3 is 4.74 Å². The third-order valence-electron chi connectivity index (χ3n) is 1.85. The number of rotatable bonds is 2. The maximum Gasteiger partial charge on any atom is 0.351 e. The smallest absolute Gasteiger partial charge is 0.351 e. The fourth-order valence-corrected chi connectivity index (χ4v) is 2.23. The zero-order valence-electron chi connectivity index (χ0n) is 11.0. The van der Waals surface area contributed by atoms with Crippen molar-refractivity contribution in [2.24, 2.45) is 0 Å². The van der Waals surface area contributed by atoms with Crippen LogP contribution in [0.15, 0.2) is 0 Å². The number of nitrogens with zero attached hydrogens (tertiary/aromatic N) is 4. The maximum atomic E-state index is 10.8. The summed E-state index contributed by atoms with van der Waals surface area (Å²) in [5.41, 5.74) is 1.22. The Balaban J connectivity index is 0.000000342. The Bertz CT molecular complexity index is 593. The summed E-state index contributed by atoms with van der Waals surface area (Å²) in [7, 11) is 1.33. The van der Waals surface area contributed by atoms with Crippen molar-refractivity contribution in [2.75, 3.05) is 7.11 Å². The van der Waals surface area contributed by atoms with Crippen molar-refractivity contribution < 1.29 is 14.3 Å². The Morgan fingerprint density at radius 1 is 1.05 bits per heavy atom. The minimum Gasteiger partial charge on any atom is -0.465 e. The number of aromatic nitrogens is 4. The Morgan fingerprint density at radius 3 is 1.71 bits per heavy atom. The van der Waals surface area contributed by atoms with Gasteiger partial charge >= 0.3 is 5.97 Å². The first-order valence-corrected chi connectivity index (χ1v) is 13.2. The normalized spacial score (nSPS) is 8.86. The number of carbonyl (C=O) groups is 2. The van der Waals surface area contributed by atoms with E-state index in [1.54, 1.807) is 13.8 Å². The molecule has 0 N–H and O–H groups in total. The van der Waals surface area contributed by atoms with Gasteiger partial charge in [-0.1, -0.05) is 8.98 Å². The molecule has 2 rings (SSSR count). The van der Waals surface area contributed by atoms with Crippen LogP contribution in [-0.2, 0) is 4.74 Å². The number of hydrogen-bond acceptors (Lipinski definition) is 9. The average Bonchev–Trinajstić information content (AvgIpc) is 3.09. The van der Waals surface area contributed by atoms with E-state index in [1.807, 2.05) is 0 Å². The Hall–Kier alpha value is 0.0100. The van der Waals surface area contributed by atoms with Crippen LogP contribution < -0.4 is 0 Å². The predicted molar refractivity (Wildman–Crippen MR) is 98.9 cm³/mol. The number of ether oxygens (including phenoxy) is 1. The molecule has 2 heterocycles. The lowest BCUT2D eigenvalue weighted by atomic mass is 10.4. The van der Waals surface area contributed by atoms with Gasteiger partial charge in [-0.3, -0.25) is 4.79 Å². The van der Waals surface area contributed by atoms with Crippen molar-refractivity contribution in [3.8, 4) is 0 Å². The van der Waals surface area contributed by atoms with E-state index in [4.69, 9.17) is 11.6 Å². The van der Waals surface area contributed by atoms with Gasteiger partial charge in [0.15, 0.2) is 4.88 Å². The number of hydrogen-bond donors (Lipinski definition) is 0.